The lowest BCUT2D eigenvalue weighted by molar-refractivity contribution is -0.119. The quantitative estimate of drug-likeness (QED) is 0.718. The van der Waals surface area contributed by atoms with Gasteiger partial charge < -0.3 is 16.0 Å². The number of nitrogens with one attached hydrogen (secondary N) is 3. The van der Waals surface area contributed by atoms with Crippen molar-refractivity contribution in [2.24, 2.45) is 5.92 Å². The highest BCUT2D eigenvalue weighted by atomic mass is 35.5. The van der Waals surface area contributed by atoms with Gasteiger partial charge in [-0.15, -0.1) is 12.4 Å². The average Bonchev–Trinajstić information content (AvgIpc) is 3.17. The van der Waals surface area contributed by atoms with Crippen molar-refractivity contribution in [3.63, 3.8) is 0 Å². The van der Waals surface area contributed by atoms with Gasteiger partial charge in [0, 0.05) is 12.1 Å². The first-order chi connectivity index (χ1) is 12.8. The van der Waals surface area contributed by atoms with Gasteiger partial charge in [0.2, 0.25) is 5.91 Å². The maximum absolute atomic E-state index is 12.6. The van der Waals surface area contributed by atoms with Crippen LogP contribution in [0.3, 0.4) is 0 Å². The van der Waals surface area contributed by atoms with Crippen LogP contribution in [0.25, 0.3) is 0 Å². The fourth-order valence-corrected chi connectivity index (χ4v) is 3.13. The summed E-state index contributed by atoms with van der Waals surface area (Å²) in [6.45, 7) is 7.98. The normalized spacial score (nSPS) is 16.2. The molecule has 1 unspecified atom stereocenters. The van der Waals surface area contributed by atoms with E-state index in [4.69, 9.17) is 0 Å². The highest BCUT2D eigenvalue weighted by molar-refractivity contribution is 6.07. The molecule has 6 heteroatoms. The smallest absolute Gasteiger partial charge is 0.255 e. The molecule has 28 heavy (non-hydrogen) atoms. The summed E-state index contributed by atoms with van der Waals surface area (Å²) in [6, 6.07) is 14.9. The van der Waals surface area contributed by atoms with Crippen LogP contribution in [0.4, 0.5) is 11.4 Å². The molecule has 1 heterocycles. The number of anilines is 2. The van der Waals surface area contributed by atoms with Crippen molar-refractivity contribution in [1.82, 2.24) is 5.32 Å². The van der Waals surface area contributed by atoms with Crippen LogP contribution >= 0.6 is 12.4 Å². The Hall–Kier alpha value is -2.37. The first-order valence-corrected chi connectivity index (χ1v) is 9.37. The predicted molar refractivity (Wildman–Crippen MR) is 116 cm³/mol. The van der Waals surface area contributed by atoms with Gasteiger partial charge in [-0.2, -0.15) is 0 Å². The average molecular weight is 402 g/mol. The maximum atomic E-state index is 12.6. The van der Waals surface area contributed by atoms with Crippen LogP contribution in [0.5, 0.6) is 0 Å². The van der Waals surface area contributed by atoms with Crippen molar-refractivity contribution < 1.29 is 9.59 Å². The molecule has 0 aliphatic carbocycles. The minimum Gasteiger partial charge on any atom is -0.324 e. The Kier molecular flexibility index (Phi) is 7.22. The van der Waals surface area contributed by atoms with Crippen molar-refractivity contribution >= 4 is 35.6 Å². The van der Waals surface area contributed by atoms with E-state index in [-0.39, 0.29) is 35.6 Å². The lowest BCUT2D eigenvalue weighted by Crippen LogP contribution is -2.25. The van der Waals surface area contributed by atoms with E-state index in [1.807, 2.05) is 36.4 Å². The van der Waals surface area contributed by atoms with E-state index in [0.717, 1.165) is 13.0 Å². The third kappa shape index (κ3) is 5.33. The van der Waals surface area contributed by atoms with E-state index >= 15 is 0 Å². The molecule has 0 aromatic heterocycles. The molecule has 1 fully saturated rings. The minimum absolute atomic E-state index is 0. The Morgan fingerprint density at radius 3 is 2.11 bits per heavy atom. The fourth-order valence-electron chi connectivity index (χ4n) is 3.13. The van der Waals surface area contributed by atoms with Crippen molar-refractivity contribution in [3.05, 3.63) is 59.7 Å². The number of benzene rings is 2. The molecule has 1 atom stereocenters. The zero-order chi connectivity index (χ0) is 19.4. The molecule has 1 aliphatic rings. The maximum Gasteiger partial charge on any atom is 0.255 e. The largest absolute Gasteiger partial charge is 0.324 e. The van der Waals surface area contributed by atoms with Crippen molar-refractivity contribution in [3.8, 4) is 0 Å². The Labute approximate surface area is 172 Å². The second kappa shape index (κ2) is 9.22. The number of amides is 2. The lowest BCUT2D eigenvalue weighted by Gasteiger charge is -2.19. The summed E-state index contributed by atoms with van der Waals surface area (Å²) < 4.78 is 0. The summed E-state index contributed by atoms with van der Waals surface area (Å²) in [6.07, 6.45) is 0.834. The number of rotatable bonds is 4. The molecule has 150 valence electrons. The van der Waals surface area contributed by atoms with Gasteiger partial charge in [-0.3, -0.25) is 9.59 Å². The highest BCUT2D eigenvalue weighted by Crippen LogP contribution is 2.25. The number of hydrogen-bond acceptors (Lipinski definition) is 3. The van der Waals surface area contributed by atoms with Crippen LogP contribution in [0.15, 0.2) is 48.5 Å². The number of carbonyl (C=O) groups excluding carboxylic acids is 2. The van der Waals surface area contributed by atoms with Gasteiger partial charge in [0.1, 0.15) is 0 Å². The molecule has 2 aromatic rings. The van der Waals surface area contributed by atoms with Gasteiger partial charge in [-0.05, 0) is 48.2 Å². The summed E-state index contributed by atoms with van der Waals surface area (Å²) in [5.41, 5.74) is 3.03. The van der Waals surface area contributed by atoms with Crippen LogP contribution in [-0.4, -0.2) is 24.9 Å². The highest BCUT2D eigenvalue weighted by Gasteiger charge is 2.23. The monoisotopic (exact) mass is 401 g/mol. The molecule has 1 aliphatic heterocycles. The standard InChI is InChI=1S/C22H27N3O2.ClH/c1-22(2,3)17-10-8-15(9-11-17)20(26)24-18-6-4-5-7-19(18)25-21(27)16-12-13-23-14-16;/h4-11,16,23H,12-14H2,1-3H3,(H,24,26)(H,25,27);1H. The van der Waals surface area contributed by atoms with Gasteiger partial charge >= 0.3 is 0 Å². The van der Waals surface area contributed by atoms with Crippen LogP contribution in [0, 0.1) is 5.92 Å². The number of halogens is 1. The van der Waals surface area contributed by atoms with Crippen LogP contribution in [-0.2, 0) is 10.2 Å². The third-order valence-electron chi connectivity index (χ3n) is 4.88. The predicted octanol–water partition coefficient (Wildman–Crippen LogP) is 4.21. The van der Waals surface area contributed by atoms with Crippen molar-refractivity contribution in [2.45, 2.75) is 32.6 Å². The Bertz CT molecular complexity index is 822. The minimum atomic E-state index is -0.195. The Morgan fingerprint density at radius 1 is 0.964 bits per heavy atom. The second-order valence-corrected chi connectivity index (χ2v) is 8.01. The lowest BCUT2D eigenvalue weighted by atomic mass is 9.87. The van der Waals surface area contributed by atoms with Gasteiger partial charge in [0.25, 0.3) is 5.91 Å². The van der Waals surface area contributed by atoms with E-state index in [1.54, 1.807) is 12.1 Å². The SMILES string of the molecule is CC(C)(C)c1ccc(C(=O)Nc2ccccc2NC(=O)C2CCNC2)cc1.Cl. The van der Waals surface area contributed by atoms with Crippen molar-refractivity contribution in [1.29, 1.82) is 0 Å². The van der Waals surface area contributed by atoms with Gasteiger partial charge in [0.05, 0.1) is 17.3 Å². The molecular formula is C22H28ClN3O2. The topological polar surface area (TPSA) is 70.2 Å². The zero-order valence-corrected chi connectivity index (χ0v) is 17.4. The number of hydrogen-bond donors (Lipinski definition) is 3. The van der Waals surface area contributed by atoms with E-state index in [2.05, 4.69) is 36.7 Å². The molecule has 0 bridgehead atoms. The summed E-state index contributed by atoms with van der Waals surface area (Å²) in [5.74, 6) is -0.241. The first kappa shape index (κ1) is 21.9. The van der Waals surface area contributed by atoms with Crippen LogP contribution in [0.2, 0.25) is 0 Å². The molecule has 0 spiro atoms. The third-order valence-corrected chi connectivity index (χ3v) is 4.88. The van der Waals surface area contributed by atoms with Crippen LogP contribution < -0.4 is 16.0 Å². The first-order valence-electron chi connectivity index (χ1n) is 9.37. The summed E-state index contributed by atoms with van der Waals surface area (Å²) in [5, 5.41) is 9.05. The Morgan fingerprint density at radius 2 is 1.57 bits per heavy atom. The van der Waals surface area contributed by atoms with E-state index in [9.17, 15) is 9.59 Å². The molecule has 1 saturated heterocycles. The summed E-state index contributed by atoms with van der Waals surface area (Å²) in [4.78, 5) is 25.0. The zero-order valence-electron chi connectivity index (χ0n) is 16.5. The summed E-state index contributed by atoms with van der Waals surface area (Å²) in [7, 11) is 0. The van der Waals surface area contributed by atoms with Gasteiger partial charge in [0.15, 0.2) is 0 Å². The molecule has 3 rings (SSSR count). The number of para-hydroxylation sites is 2. The molecule has 3 N–H and O–H groups in total. The van der Waals surface area contributed by atoms with Gasteiger partial charge in [-0.25, -0.2) is 0 Å². The molecule has 2 amide bonds. The number of carbonyl (C=O) groups is 2. The van der Waals surface area contributed by atoms with E-state index in [0.29, 0.717) is 23.5 Å². The van der Waals surface area contributed by atoms with Crippen molar-refractivity contribution in [2.75, 3.05) is 23.7 Å². The second-order valence-electron chi connectivity index (χ2n) is 8.01. The summed E-state index contributed by atoms with van der Waals surface area (Å²) >= 11 is 0. The molecule has 0 radical (unpaired) electrons. The Balaban J connectivity index is 0.00000280. The van der Waals surface area contributed by atoms with E-state index in [1.165, 1.54) is 5.56 Å². The molecule has 2 aromatic carbocycles. The molecule has 0 saturated carbocycles. The fraction of sp³-hybridized carbons (Fsp3) is 0.364. The van der Waals surface area contributed by atoms with Gasteiger partial charge in [-0.1, -0.05) is 45.0 Å². The molecular weight excluding hydrogens is 374 g/mol. The van der Waals surface area contributed by atoms with E-state index < -0.39 is 0 Å². The molecule has 5 nitrogen and oxygen atoms in total. The van der Waals surface area contributed by atoms with Crippen LogP contribution in [0.1, 0.15) is 43.1 Å².